The van der Waals surface area contributed by atoms with Gasteiger partial charge >= 0.3 is 0 Å². The Morgan fingerprint density at radius 2 is 1.50 bits per heavy atom. The smallest absolute Gasteiger partial charge is 0.214 e. The molecule has 0 unspecified atom stereocenters. The maximum Gasteiger partial charge on any atom is 0.214 e. The Balaban J connectivity index is 1.18. The molecule has 3 fully saturated rings. The van der Waals surface area contributed by atoms with Crippen LogP contribution in [0.3, 0.4) is 0 Å². The van der Waals surface area contributed by atoms with E-state index >= 15 is 0 Å². The number of nitrogens with zero attached hydrogens (tertiary/aromatic N) is 6. The molecule has 2 aromatic heterocycles. The molecule has 5 heterocycles. The van der Waals surface area contributed by atoms with Gasteiger partial charge < -0.3 is 69.3 Å². The number of hydrogen-bond donors (Lipinski definition) is 8. The number of ether oxygens (including phenoxy) is 6. The van der Waals surface area contributed by atoms with Crippen molar-refractivity contribution in [1.29, 1.82) is 0 Å². The third kappa shape index (κ3) is 7.94. The summed E-state index contributed by atoms with van der Waals surface area (Å²) in [5.41, 5.74) is 0.692. The summed E-state index contributed by atoms with van der Waals surface area (Å²) in [6.45, 7) is -0.576. The third-order valence-electron chi connectivity index (χ3n) is 8.32. The highest BCUT2D eigenvalue weighted by Crippen LogP contribution is 2.38. The molecule has 272 valence electrons. The lowest BCUT2D eigenvalue weighted by atomic mass is 9.96. The second-order valence-corrected chi connectivity index (χ2v) is 12.5. The fraction of sp³-hybridized carbons (Fsp3) is 0.846. The van der Waals surface area contributed by atoms with Crippen LogP contribution >= 0.6 is 23.2 Å². The van der Waals surface area contributed by atoms with Gasteiger partial charge in [-0.25, -0.2) is 9.36 Å². The topological polar surface area (TPSA) is 279 Å². The number of aliphatic hydroxyl groups is 8. The van der Waals surface area contributed by atoms with Gasteiger partial charge in [-0.05, 0) is 6.42 Å². The van der Waals surface area contributed by atoms with Gasteiger partial charge in [0.2, 0.25) is 5.79 Å². The van der Waals surface area contributed by atoms with E-state index in [9.17, 15) is 40.9 Å². The summed E-state index contributed by atoms with van der Waals surface area (Å²) >= 11 is 12.3. The Morgan fingerprint density at radius 3 is 2.21 bits per heavy atom. The molecule has 0 aromatic carbocycles. The van der Waals surface area contributed by atoms with Crippen molar-refractivity contribution >= 4 is 23.2 Å². The van der Waals surface area contributed by atoms with E-state index in [4.69, 9.17) is 51.6 Å². The van der Waals surface area contributed by atoms with E-state index in [1.807, 2.05) is 0 Å². The van der Waals surface area contributed by atoms with Crippen LogP contribution in [0.25, 0.3) is 0 Å². The molecule has 14 atom stereocenters. The van der Waals surface area contributed by atoms with Crippen LogP contribution in [-0.4, -0.2) is 175 Å². The maximum absolute atomic E-state index is 10.9. The van der Waals surface area contributed by atoms with Gasteiger partial charge in [-0.3, -0.25) is 0 Å². The van der Waals surface area contributed by atoms with Crippen molar-refractivity contribution in [2.45, 2.75) is 118 Å². The Morgan fingerprint density at radius 1 is 0.833 bits per heavy atom. The zero-order chi connectivity index (χ0) is 34.7. The van der Waals surface area contributed by atoms with Gasteiger partial charge in [0.05, 0.1) is 54.7 Å². The average molecular weight is 732 g/mol. The van der Waals surface area contributed by atoms with Crippen LogP contribution in [0, 0.1) is 0 Å². The molecule has 20 nitrogen and oxygen atoms in total. The highest BCUT2D eigenvalue weighted by molar-refractivity contribution is 6.21. The molecule has 0 aliphatic carbocycles. The Hall–Kier alpha value is -1.70. The van der Waals surface area contributed by atoms with Crippen LogP contribution < -0.4 is 0 Å². The molecular formula is C26H40Cl2N6O14. The summed E-state index contributed by atoms with van der Waals surface area (Å²) in [5.74, 6) is -2.60. The minimum Gasteiger partial charge on any atom is -0.396 e. The van der Waals surface area contributed by atoms with Crippen molar-refractivity contribution in [2.24, 2.45) is 0 Å². The van der Waals surface area contributed by atoms with Gasteiger partial charge in [-0.2, -0.15) is 0 Å². The van der Waals surface area contributed by atoms with Gasteiger partial charge in [0.1, 0.15) is 61.3 Å². The molecule has 0 radical (unpaired) electrons. The molecule has 2 aromatic rings. The first-order valence-corrected chi connectivity index (χ1v) is 16.0. The molecular weight excluding hydrogens is 691 g/mol. The molecule has 5 rings (SSSR count). The van der Waals surface area contributed by atoms with Crippen LogP contribution in [0.2, 0.25) is 0 Å². The third-order valence-corrected chi connectivity index (χ3v) is 9.23. The molecule has 8 N–H and O–H groups in total. The van der Waals surface area contributed by atoms with E-state index in [1.54, 1.807) is 6.20 Å². The molecule has 0 amide bonds. The fourth-order valence-electron chi connectivity index (χ4n) is 5.69. The van der Waals surface area contributed by atoms with Crippen molar-refractivity contribution < 1.29 is 69.3 Å². The van der Waals surface area contributed by atoms with E-state index in [0.717, 1.165) is 0 Å². The number of alkyl halides is 2. The Bertz CT molecular complexity index is 1320. The van der Waals surface area contributed by atoms with Crippen LogP contribution in [0.4, 0.5) is 0 Å². The number of aliphatic hydroxyl groups excluding tert-OH is 8. The van der Waals surface area contributed by atoms with Gasteiger partial charge in [-0.15, -0.1) is 33.4 Å². The summed E-state index contributed by atoms with van der Waals surface area (Å²) in [6, 6.07) is 0. The zero-order valence-corrected chi connectivity index (χ0v) is 27.1. The highest BCUT2D eigenvalue weighted by Gasteiger charge is 2.58. The zero-order valence-electron chi connectivity index (χ0n) is 25.6. The maximum atomic E-state index is 10.9. The predicted molar refractivity (Wildman–Crippen MR) is 156 cm³/mol. The minimum absolute atomic E-state index is 0.0207. The number of aromatic nitrogens is 6. The summed E-state index contributed by atoms with van der Waals surface area (Å²) in [4.78, 5) is 0. The number of hydrogen-bond acceptors (Lipinski definition) is 18. The quantitative estimate of drug-likeness (QED) is 0.0851. The second-order valence-electron chi connectivity index (χ2n) is 11.8. The fourth-order valence-corrected chi connectivity index (χ4v) is 6.31. The summed E-state index contributed by atoms with van der Waals surface area (Å²) < 4.78 is 36.3. The second kappa shape index (κ2) is 16.1. The molecule has 3 saturated heterocycles. The van der Waals surface area contributed by atoms with Crippen molar-refractivity contribution in [2.75, 3.05) is 19.6 Å². The molecule has 0 saturated carbocycles. The molecule has 22 heteroatoms. The van der Waals surface area contributed by atoms with Crippen molar-refractivity contribution in [3.05, 3.63) is 23.8 Å². The number of methoxy groups -OCH3 is 1. The lowest BCUT2D eigenvalue weighted by Gasteiger charge is -2.43. The highest BCUT2D eigenvalue weighted by atomic mass is 35.5. The first kappa shape index (κ1) is 37.6. The van der Waals surface area contributed by atoms with Crippen molar-refractivity contribution in [1.82, 2.24) is 30.0 Å². The van der Waals surface area contributed by atoms with E-state index in [2.05, 4.69) is 20.6 Å². The summed E-state index contributed by atoms with van der Waals surface area (Å²) in [5, 5.41) is 98.0. The van der Waals surface area contributed by atoms with E-state index in [0.29, 0.717) is 5.69 Å². The SMILES string of the molecule is COCn1cc(C[C@H]2O[C@H](OCc3cn(C[C@H]4O[C@@](CCl)(O[C@H]5O[C@H](CCO)[C@H](Cl)[C@H](O)[C@H]5O)[C@@H](O)[C@@H]4O)nn3)[C@@H](O)[C@@H](O)[C@@H]2O)nn1. The predicted octanol–water partition coefficient (Wildman–Crippen LogP) is -4.45. The van der Waals surface area contributed by atoms with Crippen molar-refractivity contribution in [3.63, 3.8) is 0 Å². The van der Waals surface area contributed by atoms with E-state index < -0.39 is 90.7 Å². The van der Waals surface area contributed by atoms with Gasteiger partial charge in [0.15, 0.2) is 12.6 Å². The van der Waals surface area contributed by atoms with Crippen LogP contribution in [0.5, 0.6) is 0 Å². The molecule has 3 aliphatic heterocycles. The lowest BCUT2D eigenvalue weighted by molar-refractivity contribution is -0.357. The largest absolute Gasteiger partial charge is 0.396 e. The van der Waals surface area contributed by atoms with Crippen LogP contribution in [-0.2, 0) is 54.7 Å². The van der Waals surface area contributed by atoms with Gasteiger partial charge in [0.25, 0.3) is 0 Å². The lowest BCUT2D eigenvalue weighted by Crippen LogP contribution is -2.60. The normalized spacial score (nSPS) is 40.4. The van der Waals surface area contributed by atoms with Crippen LogP contribution in [0.1, 0.15) is 17.8 Å². The van der Waals surface area contributed by atoms with Crippen molar-refractivity contribution in [3.8, 4) is 0 Å². The van der Waals surface area contributed by atoms with Crippen LogP contribution in [0.15, 0.2) is 12.4 Å². The first-order valence-electron chi connectivity index (χ1n) is 15.0. The number of rotatable bonds is 14. The average Bonchev–Trinajstić information content (AvgIpc) is 3.78. The molecule has 48 heavy (non-hydrogen) atoms. The number of halogens is 2. The monoisotopic (exact) mass is 730 g/mol. The first-order chi connectivity index (χ1) is 22.9. The standard InChI is InChI=1S/C26H40Cl2N6O14/c1-43-10-34-5-11(29-32-34)4-14-17(36)20(39)22(41)24(46-14)44-8-12-6-33(31-30-12)7-15-18(37)23(42)26(9-27,47-15)48-25-21(40)19(38)16(28)13(45-25)2-3-35/h5-6,13-25,35-42H,2-4,7-10H2,1H3/t13-,14-,15-,16+,17-,18-,19+,20+,21-,22+,23+,24+,25-,26+/m1/s1. The van der Waals surface area contributed by atoms with E-state index in [-0.39, 0.29) is 45.0 Å². The molecule has 0 bridgehead atoms. The molecule has 0 spiro atoms. The van der Waals surface area contributed by atoms with E-state index in [1.165, 1.54) is 22.7 Å². The minimum atomic E-state index is -2.08. The summed E-state index contributed by atoms with van der Waals surface area (Å²) in [7, 11) is 1.49. The Labute approximate surface area is 283 Å². The molecule has 3 aliphatic rings. The Kier molecular flexibility index (Phi) is 12.6. The van der Waals surface area contributed by atoms with Gasteiger partial charge in [-0.1, -0.05) is 10.4 Å². The van der Waals surface area contributed by atoms with Gasteiger partial charge in [0, 0.05) is 20.1 Å². The summed E-state index contributed by atoms with van der Waals surface area (Å²) in [6.07, 6.45) is -14.0.